The number of rotatable bonds is 1. The van der Waals surface area contributed by atoms with E-state index in [-0.39, 0.29) is 0 Å². The molecule has 0 amide bonds. The maximum Gasteiger partial charge on any atom is 0.439 e. The molecule has 1 nitrogen and oxygen atoms in total. The lowest BCUT2D eigenvalue weighted by Crippen LogP contribution is -2.35. The highest BCUT2D eigenvalue weighted by molar-refractivity contribution is 14.1. The number of hydrogen-bond acceptors (Lipinski definition) is 1. The smallest absolute Gasteiger partial charge is 0.298 e. The van der Waals surface area contributed by atoms with Crippen LogP contribution in [0.1, 0.15) is 0 Å². The van der Waals surface area contributed by atoms with Gasteiger partial charge in [-0.05, 0) is 22.6 Å². The van der Waals surface area contributed by atoms with Crippen LogP contribution in [0.25, 0.3) is 0 Å². The van der Waals surface area contributed by atoms with Crippen molar-refractivity contribution in [2.45, 2.75) is 9.85 Å². The average molecular weight is 256 g/mol. The van der Waals surface area contributed by atoms with Crippen molar-refractivity contribution < 1.29 is 22.4 Å². The zero-order valence-corrected chi connectivity index (χ0v) is 6.03. The number of carbonyl (C=O) groups is 1. The largest absolute Gasteiger partial charge is 0.439 e. The summed E-state index contributed by atoms with van der Waals surface area (Å²) in [6.07, 6.45) is -5.89. The van der Waals surface area contributed by atoms with Crippen LogP contribution in [0.15, 0.2) is 0 Å². The van der Waals surface area contributed by atoms with Gasteiger partial charge >= 0.3 is 9.85 Å². The first-order chi connectivity index (χ1) is 3.81. The molecule has 0 bridgehead atoms. The van der Waals surface area contributed by atoms with Crippen molar-refractivity contribution in [1.29, 1.82) is 0 Å². The number of aldehydes is 1. The van der Waals surface area contributed by atoms with E-state index >= 15 is 0 Å². The first kappa shape index (κ1) is 9.12. The van der Waals surface area contributed by atoms with E-state index in [9.17, 15) is 22.4 Å². The van der Waals surface area contributed by atoms with Crippen LogP contribution in [0.4, 0.5) is 17.6 Å². The van der Waals surface area contributed by atoms with Gasteiger partial charge in [0.1, 0.15) is 0 Å². The average Bonchev–Trinajstić information content (AvgIpc) is 1.64. The zero-order chi connectivity index (χ0) is 7.71. The maximum atomic E-state index is 11.8. The van der Waals surface area contributed by atoms with Crippen molar-refractivity contribution in [1.82, 2.24) is 0 Å². The Balaban J connectivity index is 4.32. The molecule has 0 aromatic rings. The summed E-state index contributed by atoms with van der Waals surface area (Å²) >= 11 is 0.387. The highest BCUT2D eigenvalue weighted by Gasteiger charge is 2.54. The van der Waals surface area contributed by atoms with Gasteiger partial charge in [-0.15, -0.1) is 0 Å². The van der Waals surface area contributed by atoms with Crippen molar-refractivity contribution in [3.63, 3.8) is 0 Å². The van der Waals surface area contributed by atoms with Crippen LogP contribution < -0.4 is 0 Å². The summed E-state index contributed by atoms with van der Waals surface area (Å²) in [6, 6.07) is 0. The fraction of sp³-hybridized carbons (Fsp3) is 0.667. The minimum absolute atomic E-state index is 0.387. The van der Waals surface area contributed by atoms with E-state index in [0.717, 1.165) is 0 Å². The van der Waals surface area contributed by atoms with Gasteiger partial charge in [0, 0.05) is 0 Å². The molecule has 0 saturated carbocycles. The summed E-state index contributed by atoms with van der Waals surface area (Å²) in [6.45, 7) is 0. The SMILES string of the molecule is O=CC(F)(I)C(F)(F)F. The molecule has 0 aliphatic rings. The van der Waals surface area contributed by atoms with Crippen LogP contribution in [-0.4, -0.2) is 16.1 Å². The van der Waals surface area contributed by atoms with Crippen LogP contribution in [0.2, 0.25) is 0 Å². The molecule has 0 heterocycles. The van der Waals surface area contributed by atoms with Crippen molar-refractivity contribution in [3.8, 4) is 0 Å². The fourth-order valence-corrected chi connectivity index (χ4v) is 0.0668. The molecule has 0 aliphatic carbocycles. The Bertz CT molecular complexity index is 117. The summed E-state index contributed by atoms with van der Waals surface area (Å²) in [7, 11) is 0. The third-order valence-electron chi connectivity index (χ3n) is 0.526. The van der Waals surface area contributed by atoms with Crippen molar-refractivity contribution in [3.05, 3.63) is 0 Å². The first-order valence-electron chi connectivity index (χ1n) is 1.72. The van der Waals surface area contributed by atoms with E-state index in [2.05, 4.69) is 0 Å². The van der Waals surface area contributed by atoms with Crippen LogP contribution in [-0.2, 0) is 4.79 Å². The molecule has 1 atom stereocenters. The predicted octanol–water partition coefficient (Wildman–Crippen LogP) is 1.85. The van der Waals surface area contributed by atoms with E-state index in [1.165, 1.54) is 0 Å². The Labute approximate surface area is 61.6 Å². The second kappa shape index (κ2) is 2.39. The summed E-state index contributed by atoms with van der Waals surface area (Å²) in [5.41, 5.74) is 0. The predicted molar refractivity (Wildman–Crippen MR) is 30.0 cm³/mol. The maximum absolute atomic E-state index is 11.8. The van der Waals surface area contributed by atoms with Crippen molar-refractivity contribution in [2.24, 2.45) is 0 Å². The molecule has 0 rings (SSSR count). The van der Waals surface area contributed by atoms with E-state index < -0.39 is 16.1 Å². The molecule has 6 heteroatoms. The van der Waals surface area contributed by atoms with Crippen molar-refractivity contribution >= 4 is 28.9 Å². The summed E-state index contributed by atoms with van der Waals surface area (Å²) < 4.78 is 41.7. The minimum Gasteiger partial charge on any atom is -0.298 e. The van der Waals surface area contributed by atoms with Crippen molar-refractivity contribution in [2.75, 3.05) is 0 Å². The van der Waals surface area contributed by atoms with E-state index in [0.29, 0.717) is 22.6 Å². The van der Waals surface area contributed by atoms with Gasteiger partial charge in [-0.3, -0.25) is 4.79 Å². The van der Waals surface area contributed by atoms with Crippen LogP contribution in [0, 0.1) is 0 Å². The molecule has 9 heavy (non-hydrogen) atoms. The molecule has 0 aromatic carbocycles. The molecule has 0 radical (unpaired) electrons. The highest BCUT2D eigenvalue weighted by Crippen LogP contribution is 2.37. The zero-order valence-electron chi connectivity index (χ0n) is 3.88. The fourth-order valence-electron chi connectivity index (χ4n) is 0.0668. The van der Waals surface area contributed by atoms with Gasteiger partial charge in [0.25, 0.3) is 0 Å². The molecule has 0 saturated heterocycles. The Hall–Kier alpha value is 0.120. The molecule has 0 fully saturated rings. The number of carbonyl (C=O) groups excluding carboxylic acids is 1. The van der Waals surface area contributed by atoms with Crippen LogP contribution >= 0.6 is 22.6 Å². The van der Waals surface area contributed by atoms with Crippen LogP contribution in [0.3, 0.4) is 0 Å². The van der Waals surface area contributed by atoms with Gasteiger partial charge < -0.3 is 0 Å². The molecule has 54 valence electrons. The third kappa shape index (κ3) is 2.07. The Morgan fingerprint density at radius 2 is 1.56 bits per heavy atom. The topological polar surface area (TPSA) is 17.1 Å². The summed E-state index contributed by atoms with van der Waals surface area (Å²) in [5.74, 6) is 0. The monoisotopic (exact) mass is 256 g/mol. The second-order valence-corrected chi connectivity index (χ2v) is 2.81. The molecule has 0 N–H and O–H groups in total. The Morgan fingerprint density at radius 1 is 1.22 bits per heavy atom. The summed E-state index contributed by atoms with van der Waals surface area (Å²) in [5, 5.41) is 0. The number of halogens is 5. The number of hydrogen-bond donors (Lipinski definition) is 0. The molecule has 0 spiro atoms. The van der Waals surface area contributed by atoms with Gasteiger partial charge in [-0.1, -0.05) is 0 Å². The quantitative estimate of drug-likeness (QED) is 0.303. The minimum atomic E-state index is -5.10. The van der Waals surface area contributed by atoms with E-state index in [1.54, 1.807) is 0 Å². The molecular formula is C3HF4IO. The third-order valence-corrected chi connectivity index (χ3v) is 1.39. The normalized spacial score (nSPS) is 18.8. The van der Waals surface area contributed by atoms with E-state index in [4.69, 9.17) is 0 Å². The lowest BCUT2D eigenvalue weighted by molar-refractivity contribution is -0.184. The lowest BCUT2D eigenvalue weighted by Gasteiger charge is -2.13. The highest BCUT2D eigenvalue weighted by atomic mass is 127. The molecule has 0 aromatic heterocycles. The first-order valence-corrected chi connectivity index (χ1v) is 2.80. The molecule has 0 aliphatic heterocycles. The Morgan fingerprint density at radius 3 is 1.56 bits per heavy atom. The van der Waals surface area contributed by atoms with E-state index in [1.807, 2.05) is 0 Å². The molecular weight excluding hydrogens is 255 g/mol. The van der Waals surface area contributed by atoms with Gasteiger partial charge in [0.15, 0.2) is 6.29 Å². The Kier molecular flexibility index (Phi) is 2.42. The van der Waals surface area contributed by atoms with Gasteiger partial charge in [0.05, 0.1) is 0 Å². The van der Waals surface area contributed by atoms with Gasteiger partial charge in [-0.25, -0.2) is 4.39 Å². The number of alkyl halides is 5. The van der Waals surface area contributed by atoms with Gasteiger partial charge in [-0.2, -0.15) is 13.2 Å². The summed E-state index contributed by atoms with van der Waals surface area (Å²) in [4.78, 5) is 9.37. The lowest BCUT2D eigenvalue weighted by atomic mass is 10.4. The van der Waals surface area contributed by atoms with Gasteiger partial charge in [0.2, 0.25) is 0 Å². The van der Waals surface area contributed by atoms with Crippen LogP contribution in [0.5, 0.6) is 0 Å². The molecule has 1 unspecified atom stereocenters. The second-order valence-electron chi connectivity index (χ2n) is 1.24. The standard InChI is InChI=1S/C3HF4IO/c4-2(8,1-9)3(5,6)7/h1H.